The van der Waals surface area contributed by atoms with Crippen LogP contribution in [0.15, 0.2) is 72.4 Å². The number of aryl methyl sites for hydroxylation is 3. The number of carbonyl (C=O) groups excluding carboxylic acids is 2. The molecule has 1 N–H and O–H groups in total. The van der Waals surface area contributed by atoms with Gasteiger partial charge in [0.1, 0.15) is 5.70 Å². The van der Waals surface area contributed by atoms with Crippen molar-refractivity contribution in [3.63, 3.8) is 0 Å². The Labute approximate surface area is 187 Å². The van der Waals surface area contributed by atoms with Crippen molar-refractivity contribution >= 4 is 34.7 Å². The Balaban J connectivity index is 1.76. The molecule has 4 rings (SSSR count). The summed E-state index contributed by atoms with van der Waals surface area (Å²) < 4.78 is 0. The minimum atomic E-state index is -0.362. The van der Waals surface area contributed by atoms with E-state index in [1.54, 1.807) is 6.07 Å². The largest absolute Gasteiger partial charge is 0.350 e. The van der Waals surface area contributed by atoms with Crippen LogP contribution in [0, 0.1) is 20.8 Å². The monoisotopic (exact) mass is 430 g/mol. The van der Waals surface area contributed by atoms with E-state index in [2.05, 4.69) is 5.32 Å². The molecule has 0 fully saturated rings. The number of halogens is 1. The van der Waals surface area contributed by atoms with Gasteiger partial charge in [-0.2, -0.15) is 0 Å². The van der Waals surface area contributed by atoms with Crippen LogP contribution in [0.5, 0.6) is 0 Å². The summed E-state index contributed by atoms with van der Waals surface area (Å²) in [7, 11) is 0. The summed E-state index contributed by atoms with van der Waals surface area (Å²) in [6, 6.07) is 20.7. The number of anilines is 1. The first-order valence-electron chi connectivity index (χ1n) is 10.1. The Morgan fingerprint density at radius 1 is 0.839 bits per heavy atom. The van der Waals surface area contributed by atoms with Crippen molar-refractivity contribution < 1.29 is 9.59 Å². The molecule has 0 spiro atoms. The quantitative estimate of drug-likeness (QED) is 0.531. The molecular weight excluding hydrogens is 408 g/mol. The van der Waals surface area contributed by atoms with Crippen molar-refractivity contribution in [1.82, 2.24) is 4.90 Å². The van der Waals surface area contributed by atoms with Gasteiger partial charge in [0.2, 0.25) is 0 Å². The Morgan fingerprint density at radius 2 is 1.55 bits per heavy atom. The number of carbonyl (C=O) groups is 2. The van der Waals surface area contributed by atoms with Gasteiger partial charge in [0.15, 0.2) is 0 Å². The molecule has 1 heterocycles. The molecule has 31 heavy (non-hydrogen) atoms. The fraction of sp³-hybridized carbons (Fsp3) is 0.154. The molecule has 0 saturated heterocycles. The molecule has 3 aromatic rings. The lowest BCUT2D eigenvalue weighted by molar-refractivity contribution is -0.137. The van der Waals surface area contributed by atoms with Gasteiger partial charge in [-0.1, -0.05) is 65.7 Å². The lowest BCUT2D eigenvalue weighted by atomic mass is 10.0. The van der Waals surface area contributed by atoms with Crippen LogP contribution in [0.3, 0.4) is 0 Å². The standard InChI is InChI=1S/C26H23ClN2O2/c1-16-8-11-19(12-9-16)23-24(28-21-13-10-17(2)18(3)14-21)26(31)29(25(23)30)15-20-6-4-5-7-22(20)27/h4-14,28H,15H2,1-3H3. The van der Waals surface area contributed by atoms with Crippen LogP contribution >= 0.6 is 11.6 Å². The Morgan fingerprint density at radius 3 is 2.23 bits per heavy atom. The maximum Gasteiger partial charge on any atom is 0.278 e. The van der Waals surface area contributed by atoms with Gasteiger partial charge in [0.25, 0.3) is 11.8 Å². The topological polar surface area (TPSA) is 49.4 Å². The van der Waals surface area contributed by atoms with Crippen LogP contribution in [-0.4, -0.2) is 16.7 Å². The number of hydrogen-bond acceptors (Lipinski definition) is 3. The number of imide groups is 1. The first kappa shape index (κ1) is 20.9. The van der Waals surface area contributed by atoms with Gasteiger partial charge in [0, 0.05) is 10.7 Å². The van der Waals surface area contributed by atoms with E-state index in [-0.39, 0.29) is 24.1 Å². The second-order valence-electron chi connectivity index (χ2n) is 7.83. The van der Waals surface area contributed by atoms with E-state index >= 15 is 0 Å². The van der Waals surface area contributed by atoms with Gasteiger partial charge < -0.3 is 5.32 Å². The van der Waals surface area contributed by atoms with Crippen molar-refractivity contribution in [2.24, 2.45) is 0 Å². The molecule has 4 nitrogen and oxygen atoms in total. The second-order valence-corrected chi connectivity index (χ2v) is 8.24. The molecule has 5 heteroatoms. The van der Waals surface area contributed by atoms with E-state index in [4.69, 9.17) is 11.6 Å². The Hall–Kier alpha value is -3.37. The first-order valence-corrected chi connectivity index (χ1v) is 10.5. The molecule has 0 aliphatic carbocycles. The summed E-state index contributed by atoms with van der Waals surface area (Å²) >= 11 is 6.29. The molecule has 0 atom stereocenters. The van der Waals surface area contributed by atoms with Gasteiger partial charge in [-0.05, 0) is 61.2 Å². The lowest BCUT2D eigenvalue weighted by Crippen LogP contribution is -2.32. The summed E-state index contributed by atoms with van der Waals surface area (Å²) in [6.45, 7) is 6.15. The Bertz CT molecular complexity index is 1210. The molecule has 0 bridgehead atoms. The fourth-order valence-corrected chi connectivity index (χ4v) is 3.78. The molecule has 1 aliphatic rings. The highest BCUT2D eigenvalue weighted by atomic mass is 35.5. The number of rotatable bonds is 5. The van der Waals surface area contributed by atoms with E-state index < -0.39 is 0 Å². The van der Waals surface area contributed by atoms with E-state index in [1.165, 1.54) is 4.90 Å². The molecular formula is C26H23ClN2O2. The minimum absolute atomic E-state index is 0.116. The number of nitrogens with zero attached hydrogens (tertiary/aromatic N) is 1. The van der Waals surface area contributed by atoms with Crippen LogP contribution in [0.4, 0.5) is 5.69 Å². The maximum absolute atomic E-state index is 13.4. The molecule has 0 aromatic heterocycles. The SMILES string of the molecule is Cc1ccc(C2=C(Nc3ccc(C)c(C)c3)C(=O)N(Cc3ccccc3Cl)C2=O)cc1. The summed E-state index contributed by atoms with van der Waals surface area (Å²) in [5.74, 6) is -0.696. The smallest absolute Gasteiger partial charge is 0.278 e. The number of amides is 2. The zero-order valence-electron chi connectivity index (χ0n) is 17.7. The van der Waals surface area contributed by atoms with Gasteiger partial charge in [-0.3, -0.25) is 14.5 Å². The molecule has 0 unspecified atom stereocenters. The number of benzene rings is 3. The van der Waals surface area contributed by atoms with Gasteiger partial charge >= 0.3 is 0 Å². The van der Waals surface area contributed by atoms with Gasteiger partial charge in [-0.25, -0.2) is 0 Å². The average Bonchev–Trinajstić information content (AvgIpc) is 2.97. The summed E-state index contributed by atoms with van der Waals surface area (Å²) in [5, 5.41) is 3.74. The molecule has 0 radical (unpaired) electrons. The van der Waals surface area contributed by atoms with Crippen molar-refractivity contribution in [2.75, 3.05) is 5.32 Å². The number of nitrogens with one attached hydrogen (secondary N) is 1. The summed E-state index contributed by atoms with van der Waals surface area (Å²) in [5.41, 5.74) is 6.19. The Kier molecular flexibility index (Phi) is 5.66. The minimum Gasteiger partial charge on any atom is -0.350 e. The predicted molar refractivity (Wildman–Crippen MR) is 125 cm³/mol. The summed E-state index contributed by atoms with van der Waals surface area (Å²) in [6.07, 6.45) is 0. The van der Waals surface area contributed by atoms with Gasteiger partial charge in [0.05, 0.1) is 12.1 Å². The zero-order chi connectivity index (χ0) is 22.1. The summed E-state index contributed by atoms with van der Waals surface area (Å²) in [4.78, 5) is 28.0. The molecule has 0 saturated carbocycles. The molecule has 3 aromatic carbocycles. The van der Waals surface area contributed by atoms with Gasteiger partial charge in [-0.15, -0.1) is 0 Å². The third kappa shape index (κ3) is 4.12. The average molecular weight is 431 g/mol. The van der Waals surface area contributed by atoms with E-state index in [9.17, 15) is 9.59 Å². The van der Waals surface area contributed by atoms with Crippen LogP contribution in [0.2, 0.25) is 5.02 Å². The van der Waals surface area contributed by atoms with Crippen molar-refractivity contribution in [1.29, 1.82) is 0 Å². The van der Waals surface area contributed by atoms with Crippen molar-refractivity contribution in [2.45, 2.75) is 27.3 Å². The molecule has 1 aliphatic heterocycles. The highest BCUT2D eigenvalue weighted by molar-refractivity contribution is 6.36. The third-order valence-electron chi connectivity index (χ3n) is 5.57. The van der Waals surface area contributed by atoms with Crippen molar-refractivity contribution in [3.05, 3.63) is 105 Å². The highest BCUT2D eigenvalue weighted by Gasteiger charge is 2.39. The molecule has 156 valence electrons. The number of hydrogen-bond donors (Lipinski definition) is 1. The van der Waals surface area contributed by atoms with Crippen LogP contribution < -0.4 is 5.32 Å². The van der Waals surface area contributed by atoms with E-state index in [0.29, 0.717) is 16.2 Å². The van der Waals surface area contributed by atoms with Crippen LogP contribution in [0.1, 0.15) is 27.8 Å². The normalized spacial score (nSPS) is 13.9. The predicted octanol–water partition coefficient (Wildman–Crippen LogP) is 5.66. The fourth-order valence-electron chi connectivity index (χ4n) is 3.58. The lowest BCUT2D eigenvalue weighted by Gasteiger charge is -2.16. The first-order chi connectivity index (χ1) is 14.8. The molecule has 2 amide bonds. The van der Waals surface area contributed by atoms with Crippen LogP contribution in [-0.2, 0) is 16.1 Å². The zero-order valence-corrected chi connectivity index (χ0v) is 18.5. The van der Waals surface area contributed by atoms with E-state index in [1.807, 2.05) is 81.4 Å². The van der Waals surface area contributed by atoms with Crippen molar-refractivity contribution in [3.8, 4) is 0 Å². The highest BCUT2D eigenvalue weighted by Crippen LogP contribution is 2.32. The second kappa shape index (κ2) is 8.40. The van der Waals surface area contributed by atoms with Crippen LogP contribution in [0.25, 0.3) is 5.57 Å². The van der Waals surface area contributed by atoms with E-state index in [0.717, 1.165) is 27.9 Å². The maximum atomic E-state index is 13.4. The third-order valence-corrected chi connectivity index (χ3v) is 5.94.